The van der Waals surface area contributed by atoms with Gasteiger partial charge in [0.2, 0.25) is 5.16 Å². The van der Waals surface area contributed by atoms with Gasteiger partial charge in [-0.25, -0.2) is 9.97 Å². The maximum atomic E-state index is 12.6. The summed E-state index contributed by atoms with van der Waals surface area (Å²) in [7, 11) is 0. The number of nitriles is 1. The van der Waals surface area contributed by atoms with E-state index in [4.69, 9.17) is 5.26 Å². The highest BCUT2D eigenvalue weighted by Gasteiger charge is 2.33. The van der Waals surface area contributed by atoms with Gasteiger partial charge in [-0.2, -0.15) is 18.4 Å². The highest BCUT2D eigenvalue weighted by Crippen LogP contribution is 2.32. The SMILES string of the molecule is Cc1nc(Sc2nc(C(F)(F)F)ccc2C#N)n[nH]1. The smallest absolute Gasteiger partial charge is 0.262 e. The first kappa shape index (κ1) is 13.4. The van der Waals surface area contributed by atoms with Gasteiger partial charge in [-0.05, 0) is 30.8 Å². The fourth-order valence-corrected chi connectivity index (χ4v) is 2.03. The maximum absolute atomic E-state index is 12.6. The number of aromatic amines is 1. The minimum atomic E-state index is -4.56. The van der Waals surface area contributed by atoms with Gasteiger partial charge in [-0.3, -0.25) is 5.10 Å². The fourth-order valence-electron chi connectivity index (χ4n) is 1.22. The number of hydrogen-bond donors (Lipinski definition) is 1. The molecule has 0 amide bonds. The van der Waals surface area contributed by atoms with Crippen molar-refractivity contribution in [3.63, 3.8) is 0 Å². The zero-order valence-corrected chi connectivity index (χ0v) is 10.3. The van der Waals surface area contributed by atoms with Crippen LogP contribution in [0.1, 0.15) is 17.1 Å². The van der Waals surface area contributed by atoms with Crippen LogP contribution in [0.3, 0.4) is 0 Å². The first-order valence-corrected chi connectivity index (χ1v) is 5.77. The van der Waals surface area contributed by atoms with Gasteiger partial charge in [0, 0.05) is 0 Å². The van der Waals surface area contributed by atoms with Crippen molar-refractivity contribution in [2.24, 2.45) is 0 Å². The third-order valence-corrected chi connectivity index (χ3v) is 2.91. The quantitative estimate of drug-likeness (QED) is 0.917. The summed E-state index contributed by atoms with van der Waals surface area (Å²) in [6, 6.07) is 3.64. The summed E-state index contributed by atoms with van der Waals surface area (Å²) in [6.45, 7) is 1.65. The minimum Gasteiger partial charge on any atom is -0.262 e. The molecular formula is C10H6F3N5S. The lowest BCUT2D eigenvalue weighted by molar-refractivity contribution is -0.141. The molecule has 98 valence electrons. The van der Waals surface area contributed by atoms with E-state index in [1.54, 1.807) is 13.0 Å². The molecule has 0 fully saturated rings. The van der Waals surface area contributed by atoms with Gasteiger partial charge in [-0.1, -0.05) is 0 Å². The predicted molar refractivity (Wildman–Crippen MR) is 59.2 cm³/mol. The number of halogens is 3. The van der Waals surface area contributed by atoms with Crippen LogP contribution in [0.15, 0.2) is 22.3 Å². The molecule has 2 rings (SSSR count). The van der Waals surface area contributed by atoms with Crippen molar-refractivity contribution in [1.82, 2.24) is 20.2 Å². The lowest BCUT2D eigenvalue weighted by Crippen LogP contribution is -2.08. The molecule has 0 saturated heterocycles. The van der Waals surface area contributed by atoms with Crippen LogP contribution in [0.2, 0.25) is 0 Å². The van der Waals surface area contributed by atoms with E-state index in [2.05, 4.69) is 20.2 Å². The molecule has 0 aromatic carbocycles. The number of pyridine rings is 1. The van der Waals surface area contributed by atoms with Crippen molar-refractivity contribution in [2.45, 2.75) is 23.3 Å². The second kappa shape index (κ2) is 4.89. The Kier molecular flexibility index (Phi) is 3.44. The van der Waals surface area contributed by atoms with Crippen LogP contribution in [-0.4, -0.2) is 20.2 Å². The van der Waals surface area contributed by atoms with Gasteiger partial charge in [0.1, 0.15) is 22.6 Å². The Morgan fingerprint density at radius 2 is 2.05 bits per heavy atom. The largest absolute Gasteiger partial charge is 0.433 e. The number of rotatable bonds is 2. The molecule has 2 heterocycles. The average Bonchev–Trinajstić information content (AvgIpc) is 2.73. The number of hydrogen-bond acceptors (Lipinski definition) is 5. The minimum absolute atomic E-state index is 0.0421. The standard InChI is InChI=1S/C10H6F3N5S/c1-5-15-9(18-17-5)19-8-6(4-14)2-3-7(16-8)10(11,12)13/h2-3H,1H3,(H,15,17,18). The van der Waals surface area contributed by atoms with E-state index in [1.165, 1.54) is 0 Å². The van der Waals surface area contributed by atoms with Gasteiger partial charge in [0.25, 0.3) is 0 Å². The Morgan fingerprint density at radius 1 is 1.32 bits per heavy atom. The highest BCUT2D eigenvalue weighted by atomic mass is 32.2. The van der Waals surface area contributed by atoms with Gasteiger partial charge < -0.3 is 0 Å². The topological polar surface area (TPSA) is 78.2 Å². The van der Waals surface area contributed by atoms with E-state index < -0.39 is 11.9 Å². The normalized spacial score (nSPS) is 11.3. The first-order valence-electron chi connectivity index (χ1n) is 4.95. The van der Waals surface area contributed by atoms with Crippen molar-refractivity contribution in [3.05, 3.63) is 29.2 Å². The Balaban J connectivity index is 2.40. The lowest BCUT2D eigenvalue weighted by Gasteiger charge is -2.07. The van der Waals surface area contributed by atoms with Crippen LogP contribution in [0, 0.1) is 18.3 Å². The highest BCUT2D eigenvalue weighted by molar-refractivity contribution is 7.99. The number of H-pyrrole nitrogens is 1. The van der Waals surface area contributed by atoms with Crippen LogP contribution in [0.25, 0.3) is 0 Å². The molecule has 5 nitrogen and oxygen atoms in total. The monoisotopic (exact) mass is 285 g/mol. The molecular weight excluding hydrogens is 279 g/mol. The molecule has 0 radical (unpaired) electrons. The van der Waals surface area contributed by atoms with E-state index in [1.807, 2.05) is 0 Å². The first-order chi connectivity index (χ1) is 8.90. The predicted octanol–water partition coefficient (Wildman–Crippen LogP) is 2.55. The second-order valence-electron chi connectivity index (χ2n) is 3.46. The van der Waals surface area contributed by atoms with Gasteiger partial charge in [-0.15, -0.1) is 5.10 Å². The Labute approximate surface area is 109 Å². The Morgan fingerprint density at radius 3 is 2.58 bits per heavy atom. The molecule has 0 aliphatic rings. The molecule has 0 saturated carbocycles. The summed E-state index contributed by atoms with van der Waals surface area (Å²) in [4.78, 5) is 7.38. The van der Waals surface area contributed by atoms with Crippen molar-refractivity contribution in [2.75, 3.05) is 0 Å². The molecule has 1 N–H and O–H groups in total. The summed E-state index contributed by atoms with van der Waals surface area (Å²) in [5, 5.41) is 15.3. The molecule has 0 bridgehead atoms. The lowest BCUT2D eigenvalue weighted by atomic mass is 10.2. The van der Waals surface area contributed by atoms with Crippen LogP contribution in [-0.2, 0) is 6.18 Å². The molecule has 0 aliphatic heterocycles. The van der Waals surface area contributed by atoms with Crippen LogP contribution in [0.5, 0.6) is 0 Å². The van der Waals surface area contributed by atoms with Crippen LogP contribution < -0.4 is 0 Å². The summed E-state index contributed by atoms with van der Waals surface area (Å²) >= 11 is 0.803. The molecule has 9 heteroatoms. The average molecular weight is 285 g/mol. The number of alkyl halides is 3. The number of aryl methyl sites for hydroxylation is 1. The summed E-state index contributed by atoms with van der Waals surface area (Å²) in [5.74, 6) is 0.521. The molecule has 2 aromatic heterocycles. The number of nitrogens with zero attached hydrogens (tertiary/aromatic N) is 4. The number of aromatic nitrogens is 4. The summed E-state index contributed by atoms with van der Waals surface area (Å²) in [6.07, 6.45) is -4.56. The van der Waals surface area contributed by atoms with E-state index >= 15 is 0 Å². The van der Waals surface area contributed by atoms with E-state index in [0.29, 0.717) is 5.82 Å². The third-order valence-electron chi connectivity index (χ3n) is 2.04. The van der Waals surface area contributed by atoms with E-state index in [0.717, 1.165) is 23.9 Å². The summed E-state index contributed by atoms with van der Waals surface area (Å²) in [5.41, 5.74) is -1.01. The Bertz CT molecular complexity index is 643. The molecule has 19 heavy (non-hydrogen) atoms. The molecule has 0 aliphatic carbocycles. The van der Waals surface area contributed by atoms with Crippen LogP contribution >= 0.6 is 11.8 Å². The van der Waals surface area contributed by atoms with Crippen molar-refractivity contribution < 1.29 is 13.2 Å². The van der Waals surface area contributed by atoms with Crippen molar-refractivity contribution in [3.8, 4) is 6.07 Å². The Hall–Kier alpha value is -2.08. The zero-order valence-electron chi connectivity index (χ0n) is 9.49. The second-order valence-corrected chi connectivity index (χ2v) is 4.42. The molecule has 0 atom stereocenters. The van der Waals surface area contributed by atoms with Crippen LogP contribution in [0.4, 0.5) is 13.2 Å². The van der Waals surface area contributed by atoms with Crippen molar-refractivity contribution >= 4 is 11.8 Å². The molecule has 0 unspecified atom stereocenters. The zero-order chi connectivity index (χ0) is 14.0. The molecule has 2 aromatic rings. The third kappa shape index (κ3) is 3.03. The fraction of sp³-hybridized carbons (Fsp3) is 0.200. The number of nitrogens with one attached hydrogen (secondary N) is 1. The molecule has 0 spiro atoms. The maximum Gasteiger partial charge on any atom is 0.433 e. The van der Waals surface area contributed by atoms with Gasteiger partial charge >= 0.3 is 6.18 Å². The van der Waals surface area contributed by atoms with Gasteiger partial charge in [0.15, 0.2) is 0 Å². The van der Waals surface area contributed by atoms with Crippen molar-refractivity contribution in [1.29, 1.82) is 5.26 Å². The summed E-state index contributed by atoms with van der Waals surface area (Å²) < 4.78 is 37.7. The van der Waals surface area contributed by atoms with Gasteiger partial charge in [0.05, 0.1) is 5.56 Å². The van der Waals surface area contributed by atoms with E-state index in [-0.39, 0.29) is 15.7 Å². The van der Waals surface area contributed by atoms with E-state index in [9.17, 15) is 13.2 Å².